The predicted molar refractivity (Wildman–Crippen MR) is 127 cm³/mol. The zero-order chi connectivity index (χ0) is 24.2. The van der Waals surface area contributed by atoms with E-state index in [9.17, 15) is 14.4 Å². The second kappa shape index (κ2) is 10.1. The van der Waals surface area contributed by atoms with Gasteiger partial charge in [0.05, 0.1) is 5.75 Å². The predicted octanol–water partition coefficient (Wildman–Crippen LogP) is 1.91. The van der Waals surface area contributed by atoms with Crippen molar-refractivity contribution in [2.75, 3.05) is 24.3 Å². The van der Waals surface area contributed by atoms with Crippen molar-refractivity contribution >= 4 is 35.3 Å². The molecule has 0 spiro atoms. The molecule has 1 fully saturated rings. The fourth-order valence-corrected chi connectivity index (χ4v) is 4.60. The number of fused-ring (bicyclic) bond motifs is 1. The van der Waals surface area contributed by atoms with Crippen molar-refractivity contribution in [1.29, 1.82) is 0 Å². The average Bonchev–Trinajstić information content (AvgIpc) is 3.25. The van der Waals surface area contributed by atoms with Crippen molar-refractivity contribution in [1.82, 2.24) is 25.4 Å². The van der Waals surface area contributed by atoms with Gasteiger partial charge >= 0.3 is 6.03 Å². The van der Waals surface area contributed by atoms with E-state index in [1.807, 2.05) is 34.9 Å². The summed E-state index contributed by atoms with van der Waals surface area (Å²) in [6.45, 7) is 0.965. The summed E-state index contributed by atoms with van der Waals surface area (Å²) < 4.78 is 12.9. The highest BCUT2D eigenvalue weighted by Crippen LogP contribution is 2.32. The van der Waals surface area contributed by atoms with E-state index in [0.29, 0.717) is 47.8 Å². The van der Waals surface area contributed by atoms with Gasteiger partial charge in [-0.05, 0) is 24.3 Å². The minimum absolute atomic E-state index is 0.0992. The zero-order valence-corrected chi connectivity index (χ0v) is 19.3. The van der Waals surface area contributed by atoms with Crippen LogP contribution in [0.1, 0.15) is 12.2 Å². The zero-order valence-electron chi connectivity index (χ0n) is 18.5. The molecule has 0 radical (unpaired) electrons. The van der Waals surface area contributed by atoms with Crippen LogP contribution in [0, 0.1) is 0 Å². The van der Waals surface area contributed by atoms with Crippen molar-refractivity contribution in [2.24, 2.45) is 0 Å². The van der Waals surface area contributed by atoms with Gasteiger partial charge in [0.15, 0.2) is 16.7 Å². The van der Waals surface area contributed by atoms with Crippen LogP contribution >= 0.6 is 11.8 Å². The maximum atomic E-state index is 12.6. The highest BCUT2D eigenvalue weighted by molar-refractivity contribution is 7.99. The molecule has 12 heteroatoms. The van der Waals surface area contributed by atoms with Gasteiger partial charge in [-0.3, -0.25) is 19.5 Å². The number of hydrogen-bond donors (Lipinski definition) is 3. The Bertz CT molecular complexity index is 1250. The average molecular weight is 495 g/mol. The standard InChI is InChI=1S/C23H22N6O5S/c30-20-12-15(25-22(32)26-20)11-19-27-28-23(29(19)16-4-2-1-3-5-16)35-13-21(31)24-14-6-7-17-18(10-14)34-9-8-33-17/h1-7,10,15H,8-9,11-13H2,(H,24,31)(H2,25,26,30,32). The molecule has 0 saturated carbocycles. The summed E-state index contributed by atoms with van der Waals surface area (Å²) in [7, 11) is 0. The summed E-state index contributed by atoms with van der Waals surface area (Å²) >= 11 is 1.24. The smallest absolute Gasteiger partial charge is 0.321 e. The molecule has 4 amide bonds. The first-order chi connectivity index (χ1) is 17.0. The lowest BCUT2D eigenvalue weighted by Crippen LogP contribution is -2.53. The topological polar surface area (TPSA) is 136 Å². The van der Waals surface area contributed by atoms with E-state index >= 15 is 0 Å². The Hall–Kier alpha value is -4.06. The Balaban J connectivity index is 1.29. The van der Waals surface area contributed by atoms with Gasteiger partial charge in [0.2, 0.25) is 11.8 Å². The Morgan fingerprint density at radius 1 is 1.09 bits per heavy atom. The molecular formula is C23H22N6O5S. The third-order valence-electron chi connectivity index (χ3n) is 5.32. The number of aromatic nitrogens is 3. The SMILES string of the molecule is O=C1CC(Cc2nnc(SCC(=O)Nc3ccc4c(c3)OCCO4)n2-c2ccccc2)NC(=O)N1. The molecule has 3 N–H and O–H groups in total. The highest BCUT2D eigenvalue weighted by atomic mass is 32.2. The number of amides is 4. The van der Waals surface area contributed by atoms with E-state index in [2.05, 4.69) is 26.1 Å². The third-order valence-corrected chi connectivity index (χ3v) is 6.25. The summed E-state index contributed by atoms with van der Waals surface area (Å²) in [5.41, 5.74) is 1.42. The summed E-state index contributed by atoms with van der Waals surface area (Å²) in [6.07, 6.45) is 0.457. The van der Waals surface area contributed by atoms with E-state index in [0.717, 1.165) is 5.69 Å². The van der Waals surface area contributed by atoms with Crippen LogP contribution < -0.4 is 25.4 Å². The molecule has 11 nitrogen and oxygen atoms in total. The molecule has 1 atom stereocenters. The van der Waals surface area contributed by atoms with Gasteiger partial charge in [-0.1, -0.05) is 30.0 Å². The Morgan fingerprint density at radius 3 is 2.69 bits per heavy atom. The lowest BCUT2D eigenvalue weighted by molar-refractivity contribution is -0.121. The molecule has 1 aromatic heterocycles. The van der Waals surface area contributed by atoms with Crippen LogP contribution in [0.4, 0.5) is 10.5 Å². The maximum Gasteiger partial charge on any atom is 0.321 e. The Labute approximate surface area is 204 Å². The van der Waals surface area contributed by atoms with Crippen LogP contribution in [-0.4, -0.2) is 57.6 Å². The fraction of sp³-hybridized carbons (Fsp3) is 0.261. The van der Waals surface area contributed by atoms with E-state index < -0.39 is 12.1 Å². The first-order valence-corrected chi connectivity index (χ1v) is 12.0. The number of nitrogens with zero attached hydrogens (tertiary/aromatic N) is 3. The lowest BCUT2D eigenvalue weighted by atomic mass is 10.1. The fourth-order valence-electron chi connectivity index (χ4n) is 3.83. The van der Waals surface area contributed by atoms with E-state index in [4.69, 9.17) is 9.47 Å². The molecule has 0 aliphatic carbocycles. The Kier molecular flexibility index (Phi) is 6.53. The number of imide groups is 1. The highest BCUT2D eigenvalue weighted by Gasteiger charge is 2.27. The maximum absolute atomic E-state index is 12.6. The number of rotatable bonds is 7. The first kappa shape index (κ1) is 22.7. The van der Waals surface area contributed by atoms with Crippen LogP contribution in [0.25, 0.3) is 5.69 Å². The van der Waals surface area contributed by atoms with E-state index in [-0.39, 0.29) is 24.0 Å². The second-order valence-electron chi connectivity index (χ2n) is 7.89. The number of thioether (sulfide) groups is 1. The van der Waals surface area contributed by atoms with Gasteiger partial charge in [-0.25, -0.2) is 4.79 Å². The van der Waals surface area contributed by atoms with Gasteiger partial charge < -0.3 is 20.1 Å². The number of urea groups is 1. The number of ether oxygens (including phenoxy) is 2. The lowest BCUT2D eigenvalue weighted by Gasteiger charge is -2.23. The minimum atomic E-state index is -0.526. The molecular weight excluding hydrogens is 472 g/mol. The van der Waals surface area contributed by atoms with Crippen LogP contribution in [0.15, 0.2) is 53.7 Å². The van der Waals surface area contributed by atoms with Crippen LogP contribution in [0.2, 0.25) is 0 Å². The molecule has 2 aromatic carbocycles. The van der Waals surface area contributed by atoms with Crippen molar-refractivity contribution in [3.05, 3.63) is 54.4 Å². The molecule has 1 unspecified atom stereocenters. The molecule has 180 valence electrons. The van der Waals surface area contributed by atoms with E-state index in [1.165, 1.54) is 11.8 Å². The van der Waals surface area contributed by atoms with E-state index in [1.54, 1.807) is 18.2 Å². The van der Waals surface area contributed by atoms with Gasteiger partial charge in [0, 0.05) is 36.3 Å². The van der Waals surface area contributed by atoms with Gasteiger partial charge in [-0.2, -0.15) is 0 Å². The first-order valence-electron chi connectivity index (χ1n) is 11.0. The number of carbonyl (C=O) groups is 3. The van der Waals surface area contributed by atoms with Crippen LogP contribution in [-0.2, 0) is 16.0 Å². The number of carbonyl (C=O) groups excluding carboxylic acids is 3. The van der Waals surface area contributed by atoms with Crippen LogP contribution in [0.5, 0.6) is 11.5 Å². The Morgan fingerprint density at radius 2 is 1.89 bits per heavy atom. The molecule has 5 rings (SSSR count). The summed E-state index contributed by atoms with van der Waals surface area (Å²) in [4.78, 5) is 36.1. The number of anilines is 1. The van der Waals surface area contributed by atoms with Crippen molar-refractivity contribution < 1.29 is 23.9 Å². The molecule has 3 aromatic rings. The normalized spacial score (nSPS) is 16.9. The van der Waals surface area contributed by atoms with Crippen LogP contribution in [0.3, 0.4) is 0 Å². The van der Waals surface area contributed by atoms with Gasteiger partial charge in [-0.15, -0.1) is 10.2 Å². The van der Waals surface area contributed by atoms with Gasteiger partial charge in [0.1, 0.15) is 19.0 Å². The third kappa shape index (κ3) is 5.38. The summed E-state index contributed by atoms with van der Waals surface area (Å²) in [5, 5.41) is 16.9. The quantitative estimate of drug-likeness (QED) is 0.424. The molecule has 0 bridgehead atoms. The molecule has 2 aliphatic rings. The number of nitrogens with one attached hydrogen (secondary N) is 3. The van der Waals surface area contributed by atoms with Crippen molar-refractivity contribution in [2.45, 2.75) is 24.0 Å². The van der Waals surface area contributed by atoms with Gasteiger partial charge in [0.25, 0.3) is 0 Å². The second-order valence-corrected chi connectivity index (χ2v) is 8.83. The monoisotopic (exact) mass is 494 g/mol. The van der Waals surface area contributed by atoms with Crippen molar-refractivity contribution in [3.63, 3.8) is 0 Å². The molecule has 1 saturated heterocycles. The number of para-hydroxylation sites is 1. The van der Waals surface area contributed by atoms with Crippen molar-refractivity contribution in [3.8, 4) is 17.2 Å². The summed E-state index contributed by atoms with van der Waals surface area (Å²) in [6, 6.07) is 13.8. The molecule has 35 heavy (non-hydrogen) atoms. The summed E-state index contributed by atoms with van der Waals surface area (Å²) in [5.74, 6) is 1.37. The molecule has 3 heterocycles. The number of benzene rings is 2. The largest absolute Gasteiger partial charge is 0.486 e. The molecule has 2 aliphatic heterocycles. The number of hydrogen-bond acceptors (Lipinski definition) is 8. The minimum Gasteiger partial charge on any atom is -0.486 e.